The molecule has 0 aromatic carbocycles. The molecule has 6 atom stereocenters. The average Bonchev–Trinajstić information content (AvgIpc) is 3.35. The molecule has 1 saturated carbocycles. The number of nitrogens with zero attached hydrogens (tertiary/aromatic N) is 2. The van der Waals surface area contributed by atoms with E-state index in [1.165, 1.54) is 16.2 Å². The fraction of sp³-hybridized carbons (Fsp3) is 0.840. The van der Waals surface area contributed by atoms with E-state index in [1.807, 2.05) is 11.8 Å². The van der Waals surface area contributed by atoms with E-state index in [1.54, 1.807) is 20.8 Å². The molecule has 0 spiro atoms. The second-order valence-corrected chi connectivity index (χ2v) is 15.9. The number of hydrogen-bond donors (Lipinski definition) is 1. The number of rotatable bonds is 4. The van der Waals surface area contributed by atoms with Gasteiger partial charge in [-0.1, -0.05) is 20.8 Å². The van der Waals surface area contributed by atoms with Gasteiger partial charge >= 0.3 is 0 Å². The second-order valence-electron chi connectivity index (χ2n) is 11.9. The Morgan fingerprint density at radius 1 is 1.30 bits per heavy atom. The molecule has 1 aromatic rings. The van der Waals surface area contributed by atoms with Crippen molar-refractivity contribution in [1.29, 1.82) is 0 Å². The monoisotopic (exact) mass is 496 g/mol. The Balaban J connectivity index is 1.58. The first-order valence-corrected chi connectivity index (χ1v) is 14.9. The number of thiazole rings is 1. The van der Waals surface area contributed by atoms with Gasteiger partial charge in [-0.05, 0) is 70.1 Å². The number of aliphatic hydroxyl groups excluding tert-OH is 1. The summed E-state index contributed by atoms with van der Waals surface area (Å²) in [6, 6.07) is 0. The molecule has 1 aromatic heterocycles. The van der Waals surface area contributed by atoms with Gasteiger partial charge in [0.1, 0.15) is 10.8 Å². The smallest absolute Gasteiger partial charge is 0.225 e. The molecular weight excluding hydrogens is 456 g/mol. The highest BCUT2D eigenvalue weighted by Gasteiger charge is 2.54. The van der Waals surface area contributed by atoms with Gasteiger partial charge in [0, 0.05) is 29.8 Å². The summed E-state index contributed by atoms with van der Waals surface area (Å²) in [7, 11) is -3.30. The van der Waals surface area contributed by atoms with E-state index in [4.69, 9.17) is 4.98 Å². The lowest BCUT2D eigenvalue weighted by molar-refractivity contribution is -0.143. The number of likely N-dealkylation sites (tertiary alicyclic amines) is 1. The number of fused-ring (bicyclic) bond motifs is 2. The number of carbonyl (C=O) groups is 1. The molecule has 2 fully saturated rings. The zero-order chi connectivity index (χ0) is 24.3. The van der Waals surface area contributed by atoms with Crippen LogP contribution in [0.3, 0.4) is 0 Å². The minimum Gasteiger partial charge on any atom is -0.392 e. The molecule has 4 rings (SSSR count). The Morgan fingerprint density at radius 2 is 1.94 bits per heavy atom. The molecule has 8 heteroatoms. The van der Waals surface area contributed by atoms with Gasteiger partial charge in [-0.25, -0.2) is 13.4 Å². The molecule has 1 saturated heterocycles. The molecule has 0 radical (unpaired) electrons. The van der Waals surface area contributed by atoms with Crippen molar-refractivity contribution in [2.24, 2.45) is 23.2 Å². The second kappa shape index (κ2) is 8.59. The van der Waals surface area contributed by atoms with Crippen LogP contribution in [0.25, 0.3) is 0 Å². The standard InChI is InChI=1S/C25H40N2O4S2/c1-15(23(29)27-11-7-8-12-27)17-9-10-25(6)13-18-21(16(2)20(25)22(17)28)26-19(32-18)14-33(30,31)24(3,4)5/h15-17,20,22,28H,7-14H2,1-6H3/t15-,16-,17?,20+,22-,25-/m0/s1. The van der Waals surface area contributed by atoms with Gasteiger partial charge in [0.05, 0.1) is 16.5 Å². The predicted octanol–water partition coefficient (Wildman–Crippen LogP) is 4.17. The fourth-order valence-corrected chi connectivity index (χ4v) is 9.14. The highest BCUT2D eigenvalue weighted by atomic mass is 32.2. The molecule has 33 heavy (non-hydrogen) atoms. The molecule has 2 heterocycles. The molecule has 3 aliphatic rings. The Labute approximate surface area is 203 Å². The number of carbonyl (C=O) groups excluding carboxylic acids is 1. The van der Waals surface area contributed by atoms with Gasteiger partial charge in [0.25, 0.3) is 0 Å². The SMILES string of the molecule is C[C@H](C(=O)N1CCCC1)C1CC[C@@]2(C)Cc3sc(CS(=O)(=O)C(C)(C)C)nc3[C@@H](C)[C@@H]2[C@H]1O. The summed E-state index contributed by atoms with van der Waals surface area (Å²) in [5.41, 5.74) is 0.894. The van der Waals surface area contributed by atoms with Crippen LogP contribution in [0.5, 0.6) is 0 Å². The van der Waals surface area contributed by atoms with E-state index in [0.29, 0.717) is 5.01 Å². The van der Waals surface area contributed by atoms with Crippen LogP contribution in [-0.2, 0) is 26.8 Å². The summed E-state index contributed by atoms with van der Waals surface area (Å²) in [6.45, 7) is 13.3. The van der Waals surface area contributed by atoms with Gasteiger partial charge in [0.15, 0.2) is 9.84 Å². The number of aliphatic hydroxyl groups is 1. The molecule has 1 amide bonds. The first kappa shape index (κ1) is 25.1. The predicted molar refractivity (Wildman–Crippen MR) is 132 cm³/mol. The van der Waals surface area contributed by atoms with Gasteiger partial charge in [-0.2, -0.15) is 0 Å². The van der Waals surface area contributed by atoms with Crippen molar-refractivity contribution < 1.29 is 18.3 Å². The summed E-state index contributed by atoms with van der Waals surface area (Å²) in [5.74, 6) is -0.0134. The number of sulfone groups is 1. The lowest BCUT2D eigenvalue weighted by Gasteiger charge is -2.53. The minimum absolute atomic E-state index is 0.0201. The summed E-state index contributed by atoms with van der Waals surface area (Å²) in [4.78, 5) is 21.0. The minimum atomic E-state index is -3.30. The normalized spacial score (nSPS) is 33.5. The Morgan fingerprint density at radius 3 is 2.55 bits per heavy atom. The van der Waals surface area contributed by atoms with Crippen LogP contribution in [0.4, 0.5) is 0 Å². The van der Waals surface area contributed by atoms with Crippen LogP contribution in [0.15, 0.2) is 0 Å². The first-order valence-electron chi connectivity index (χ1n) is 12.4. The maximum atomic E-state index is 13.1. The van der Waals surface area contributed by atoms with Crippen molar-refractivity contribution in [3.63, 3.8) is 0 Å². The fourth-order valence-electron chi connectivity index (χ4n) is 6.45. The number of aromatic nitrogens is 1. The lowest BCUT2D eigenvalue weighted by atomic mass is 9.53. The lowest BCUT2D eigenvalue weighted by Crippen LogP contribution is -2.53. The highest BCUT2D eigenvalue weighted by Crippen LogP contribution is 2.57. The molecule has 1 N–H and O–H groups in total. The van der Waals surface area contributed by atoms with Crippen LogP contribution in [0.2, 0.25) is 0 Å². The molecule has 2 aliphatic carbocycles. The van der Waals surface area contributed by atoms with Gasteiger partial charge in [-0.15, -0.1) is 11.3 Å². The Bertz CT molecular complexity index is 1010. The van der Waals surface area contributed by atoms with E-state index in [-0.39, 0.29) is 40.7 Å². The van der Waals surface area contributed by atoms with E-state index in [2.05, 4.69) is 13.8 Å². The topological polar surface area (TPSA) is 87.6 Å². The summed E-state index contributed by atoms with van der Waals surface area (Å²) >= 11 is 1.53. The Kier molecular flexibility index (Phi) is 6.54. The molecule has 0 bridgehead atoms. The zero-order valence-corrected chi connectivity index (χ0v) is 22.6. The first-order chi connectivity index (χ1) is 15.2. The average molecular weight is 497 g/mol. The van der Waals surface area contributed by atoms with E-state index in [9.17, 15) is 18.3 Å². The highest BCUT2D eigenvalue weighted by molar-refractivity contribution is 7.92. The molecule has 1 unspecified atom stereocenters. The van der Waals surface area contributed by atoms with E-state index in [0.717, 1.165) is 50.9 Å². The van der Waals surface area contributed by atoms with Gasteiger partial charge < -0.3 is 10.0 Å². The maximum absolute atomic E-state index is 13.1. The third kappa shape index (κ3) is 4.40. The third-order valence-corrected chi connectivity index (χ3v) is 12.4. The number of hydrogen-bond acceptors (Lipinski definition) is 6. The quantitative estimate of drug-likeness (QED) is 0.676. The van der Waals surface area contributed by atoms with Crippen LogP contribution in [0.1, 0.15) is 88.7 Å². The van der Waals surface area contributed by atoms with Crippen molar-refractivity contribution in [3.05, 3.63) is 15.6 Å². The van der Waals surface area contributed by atoms with E-state index >= 15 is 0 Å². The van der Waals surface area contributed by atoms with Crippen molar-refractivity contribution in [1.82, 2.24) is 9.88 Å². The molecule has 186 valence electrons. The van der Waals surface area contributed by atoms with Crippen molar-refractivity contribution in [3.8, 4) is 0 Å². The maximum Gasteiger partial charge on any atom is 0.225 e. The third-order valence-electron chi connectivity index (χ3n) is 8.66. The summed E-state index contributed by atoms with van der Waals surface area (Å²) in [5, 5.41) is 12.3. The van der Waals surface area contributed by atoms with Crippen LogP contribution < -0.4 is 0 Å². The van der Waals surface area contributed by atoms with Gasteiger partial charge in [-0.3, -0.25) is 4.79 Å². The van der Waals surface area contributed by atoms with Crippen LogP contribution in [0, 0.1) is 23.2 Å². The van der Waals surface area contributed by atoms with Crippen LogP contribution >= 0.6 is 11.3 Å². The molecule has 6 nitrogen and oxygen atoms in total. The summed E-state index contributed by atoms with van der Waals surface area (Å²) in [6.07, 6.45) is 4.22. The summed E-state index contributed by atoms with van der Waals surface area (Å²) < 4.78 is 24.7. The van der Waals surface area contributed by atoms with Crippen molar-refractivity contribution in [2.75, 3.05) is 13.1 Å². The zero-order valence-electron chi connectivity index (χ0n) is 20.9. The van der Waals surface area contributed by atoms with Crippen molar-refractivity contribution >= 4 is 27.1 Å². The van der Waals surface area contributed by atoms with Crippen LogP contribution in [-0.4, -0.2) is 53.3 Å². The van der Waals surface area contributed by atoms with Crippen molar-refractivity contribution in [2.45, 2.75) is 96.2 Å². The number of amides is 1. The Hall–Kier alpha value is -0.990. The largest absolute Gasteiger partial charge is 0.392 e. The van der Waals surface area contributed by atoms with Gasteiger partial charge in [0.2, 0.25) is 5.91 Å². The van der Waals surface area contributed by atoms with E-state index < -0.39 is 20.7 Å². The molecule has 1 aliphatic heterocycles. The molecular formula is C25H40N2O4S2.